The van der Waals surface area contributed by atoms with Gasteiger partial charge in [0, 0.05) is 19.3 Å². The topological polar surface area (TPSA) is 78.9 Å². The molecule has 0 radical (unpaired) electrons. The highest BCUT2D eigenvalue weighted by Gasteiger charge is 2.19. The van der Waals surface area contributed by atoms with Gasteiger partial charge in [0.15, 0.2) is 6.10 Å². The number of hydrogen-bond donors (Lipinski definition) is 0. The average molecular weight is 781 g/mol. The molecule has 0 aromatic rings. The molecule has 1 unspecified atom stereocenters. The molecule has 320 valence electrons. The molecular formula is C50H84O6. The van der Waals surface area contributed by atoms with Gasteiger partial charge in [-0.3, -0.25) is 14.4 Å². The fraction of sp³-hybridized carbons (Fsp3) is 0.700. The molecule has 6 nitrogen and oxygen atoms in total. The summed E-state index contributed by atoms with van der Waals surface area (Å²) in [5, 5.41) is 0. The van der Waals surface area contributed by atoms with Crippen LogP contribution in [0.15, 0.2) is 72.9 Å². The molecule has 0 fully saturated rings. The molecule has 0 aliphatic rings. The smallest absolute Gasteiger partial charge is 0.306 e. The molecule has 0 saturated heterocycles. The van der Waals surface area contributed by atoms with E-state index >= 15 is 0 Å². The molecule has 0 N–H and O–H groups in total. The van der Waals surface area contributed by atoms with Gasteiger partial charge in [0.05, 0.1) is 0 Å². The summed E-state index contributed by atoms with van der Waals surface area (Å²) < 4.78 is 16.6. The molecule has 6 heteroatoms. The van der Waals surface area contributed by atoms with E-state index in [4.69, 9.17) is 14.2 Å². The predicted molar refractivity (Wildman–Crippen MR) is 238 cm³/mol. The Hall–Kier alpha value is -3.15. The fourth-order valence-electron chi connectivity index (χ4n) is 6.02. The normalized spacial score (nSPS) is 12.7. The number of ether oxygens (including phenoxy) is 3. The van der Waals surface area contributed by atoms with E-state index in [-0.39, 0.29) is 37.5 Å². The molecule has 0 aliphatic carbocycles. The van der Waals surface area contributed by atoms with E-state index in [2.05, 4.69) is 81.5 Å². The first-order valence-corrected chi connectivity index (χ1v) is 22.9. The van der Waals surface area contributed by atoms with Crippen LogP contribution >= 0.6 is 0 Å². The summed E-state index contributed by atoms with van der Waals surface area (Å²) in [7, 11) is 0. The Morgan fingerprint density at radius 1 is 0.375 bits per heavy atom. The van der Waals surface area contributed by atoms with Crippen LogP contribution in [0.25, 0.3) is 0 Å². The van der Waals surface area contributed by atoms with Gasteiger partial charge in [-0.15, -0.1) is 0 Å². The van der Waals surface area contributed by atoms with Crippen molar-refractivity contribution < 1.29 is 28.6 Å². The van der Waals surface area contributed by atoms with Crippen LogP contribution in [0.1, 0.15) is 207 Å². The first kappa shape index (κ1) is 52.9. The van der Waals surface area contributed by atoms with Crippen LogP contribution in [-0.2, 0) is 28.6 Å². The number of allylic oxidation sites excluding steroid dienone is 12. The van der Waals surface area contributed by atoms with Crippen molar-refractivity contribution in [1.29, 1.82) is 0 Å². The Morgan fingerprint density at radius 2 is 0.768 bits per heavy atom. The second kappa shape index (κ2) is 44.6. The Balaban J connectivity index is 4.50. The lowest BCUT2D eigenvalue weighted by Crippen LogP contribution is -2.30. The third kappa shape index (κ3) is 42.0. The van der Waals surface area contributed by atoms with E-state index in [9.17, 15) is 14.4 Å². The number of hydrogen-bond acceptors (Lipinski definition) is 6. The predicted octanol–water partition coefficient (Wildman–Crippen LogP) is 14.7. The Labute approximate surface area is 344 Å². The van der Waals surface area contributed by atoms with Crippen molar-refractivity contribution in [3.05, 3.63) is 72.9 Å². The number of carbonyl (C=O) groups is 3. The van der Waals surface area contributed by atoms with E-state index in [0.717, 1.165) is 96.3 Å². The first-order valence-electron chi connectivity index (χ1n) is 22.9. The summed E-state index contributed by atoms with van der Waals surface area (Å²) >= 11 is 0. The van der Waals surface area contributed by atoms with Crippen molar-refractivity contribution in [3.63, 3.8) is 0 Å². The maximum Gasteiger partial charge on any atom is 0.306 e. The molecule has 0 spiro atoms. The Bertz CT molecular complexity index is 1080. The quantitative estimate of drug-likeness (QED) is 0.0267. The van der Waals surface area contributed by atoms with E-state index in [1.54, 1.807) is 0 Å². The van der Waals surface area contributed by atoms with E-state index < -0.39 is 6.10 Å². The van der Waals surface area contributed by atoms with Crippen molar-refractivity contribution in [2.24, 2.45) is 0 Å². The molecule has 0 aliphatic heterocycles. The zero-order chi connectivity index (χ0) is 40.8. The molecule has 0 bridgehead atoms. The molecule has 56 heavy (non-hydrogen) atoms. The monoisotopic (exact) mass is 781 g/mol. The number of unbranched alkanes of at least 4 members (excludes halogenated alkanes) is 17. The molecule has 0 rings (SSSR count). The second-order valence-corrected chi connectivity index (χ2v) is 14.9. The van der Waals surface area contributed by atoms with Crippen LogP contribution < -0.4 is 0 Å². The largest absolute Gasteiger partial charge is 0.462 e. The molecular weight excluding hydrogens is 697 g/mol. The second-order valence-electron chi connectivity index (χ2n) is 14.9. The maximum atomic E-state index is 12.7. The van der Waals surface area contributed by atoms with Crippen LogP contribution in [0, 0.1) is 0 Å². The van der Waals surface area contributed by atoms with Gasteiger partial charge in [0.2, 0.25) is 0 Å². The lowest BCUT2D eigenvalue weighted by Gasteiger charge is -2.18. The highest BCUT2D eigenvalue weighted by Crippen LogP contribution is 2.14. The Morgan fingerprint density at radius 3 is 1.27 bits per heavy atom. The van der Waals surface area contributed by atoms with E-state index in [1.807, 2.05) is 12.2 Å². The zero-order valence-electron chi connectivity index (χ0n) is 36.4. The van der Waals surface area contributed by atoms with Crippen LogP contribution in [0.4, 0.5) is 0 Å². The summed E-state index contributed by atoms with van der Waals surface area (Å²) in [6, 6.07) is 0. The van der Waals surface area contributed by atoms with Gasteiger partial charge in [0.25, 0.3) is 0 Å². The van der Waals surface area contributed by atoms with Crippen molar-refractivity contribution in [2.75, 3.05) is 13.2 Å². The summed E-state index contributed by atoms with van der Waals surface area (Å²) in [5.41, 5.74) is 0. The molecule has 0 saturated carbocycles. The third-order valence-corrected chi connectivity index (χ3v) is 9.44. The summed E-state index contributed by atoms with van der Waals surface area (Å²) in [6.45, 7) is 6.36. The maximum absolute atomic E-state index is 12.7. The van der Waals surface area contributed by atoms with Crippen molar-refractivity contribution in [1.82, 2.24) is 0 Å². The van der Waals surface area contributed by atoms with Crippen LogP contribution in [0.2, 0.25) is 0 Å². The van der Waals surface area contributed by atoms with Gasteiger partial charge in [-0.1, -0.05) is 190 Å². The zero-order valence-corrected chi connectivity index (χ0v) is 36.4. The minimum absolute atomic E-state index is 0.102. The van der Waals surface area contributed by atoms with Crippen LogP contribution in [0.3, 0.4) is 0 Å². The molecule has 0 aromatic carbocycles. The van der Waals surface area contributed by atoms with E-state index in [1.165, 1.54) is 64.2 Å². The summed E-state index contributed by atoms with van der Waals surface area (Å²) in [4.78, 5) is 37.7. The Kier molecular flexibility index (Phi) is 42.1. The molecule has 1 atom stereocenters. The van der Waals surface area contributed by atoms with Gasteiger partial charge in [0.1, 0.15) is 13.2 Å². The number of esters is 3. The third-order valence-electron chi connectivity index (χ3n) is 9.44. The van der Waals surface area contributed by atoms with Crippen LogP contribution in [0.5, 0.6) is 0 Å². The van der Waals surface area contributed by atoms with Gasteiger partial charge in [-0.25, -0.2) is 0 Å². The molecule has 0 heterocycles. The van der Waals surface area contributed by atoms with E-state index in [0.29, 0.717) is 19.3 Å². The lowest BCUT2D eigenvalue weighted by atomic mass is 10.0. The summed E-state index contributed by atoms with van der Waals surface area (Å²) in [6.07, 6.45) is 54.6. The van der Waals surface area contributed by atoms with Crippen molar-refractivity contribution >= 4 is 17.9 Å². The molecule has 0 aromatic heterocycles. The van der Waals surface area contributed by atoms with Gasteiger partial charge in [-0.2, -0.15) is 0 Å². The lowest BCUT2D eigenvalue weighted by molar-refractivity contribution is -0.166. The minimum Gasteiger partial charge on any atom is -0.462 e. The SMILES string of the molecule is CC/C=C\C/C=C\C/C=C\C/C=C\CCC(=O)OCC(COC(=O)CCCCCCCCCCCCCC)OC(=O)CCCCCCC/C=C\C/C=C\CCC. The summed E-state index contributed by atoms with van der Waals surface area (Å²) in [5.74, 6) is -1.01. The number of carbonyl (C=O) groups excluding carboxylic acids is 3. The standard InChI is InChI=1S/C50H84O6/c1-4-7-10-13-16-19-22-25-28-31-34-37-40-43-49(52)55-46-47(45-54-48(51)42-39-36-33-30-27-24-21-18-15-12-9-6-3)56-50(53)44-41-38-35-32-29-26-23-20-17-14-11-8-5-2/h7,10-11,14,16,19-20,23,25,28,34,37,47H,4-6,8-9,12-13,15,17-18,21-22,24,26-27,29-33,35-36,38-46H2,1-3H3/b10-7-,14-11-,19-16-,23-20-,28-25-,37-34-. The van der Waals surface area contributed by atoms with Gasteiger partial charge < -0.3 is 14.2 Å². The highest BCUT2D eigenvalue weighted by atomic mass is 16.6. The first-order chi connectivity index (χ1) is 27.5. The van der Waals surface area contributed by atoms with Gasteiger partial charge >= 0.3 is 17.9 Å². The average Bonchev–Trinajstić information content (AvgIpc) is 3.19. The van der Waals surface area contributed by atoms with Gasteiger partial charge in [-0.05, 0) is 70.6 Å². The highest BCUT2D eigenvalue weighted by molar-refractivity contribution is 5.71. The molecule has 0 amide bonds. The van der Waals surface area contributed by atoms with Crippen molar-refractivity contribution in [2.45, 2.75) is 213 Å². The van der Waals surface area contributed by atoms with Crippen molar-refractivity contribution in [3.8, 4) is 0 Å². The van der Waals surface area contributed by atoms with Crippen LogP contribution in [-0.4, -0.2) is 37.2 Å². The number of rotatable bonds is 40. The fourth-order valence-corrected chi connectivity index (χ4v) is 6.02. The minimum atomic E-state index is -0.807.